The molecule has 4 heteroatoms. The predicted octanol–water partition coefficient (Wildman–Crippen LogP) is 2.38. The molecule has 4 nitrogen and oxygen atoms in total. The van der Waals surface area contributed by atoms with Crippen molar-refractivity contribution in [1.82, 2.24) is 5.32 Å². The number of carbonyl (C=O) groups is 1. The molecule has 0 saturated carbocycles. The standard InChI is InChI=1S/C16H25NO3/c1-14(12-17-10-6-7-11-19-2)16(18)20-13-15-8-4-3-5-9-15/h3-5,8-9,14,17H,6-7,10-13H2,1-2H3. The molecule has 0 fully saturated rings. The zero-order valence-electron chi connectivity index (χ0n) is 12.4. The SMILES string of the molecule is COCCCCNCC(C)C(=O)OCc1ccccc1. The summed E-state index contributed by atoms with van der Waals surface area (Å²) in [4.78, 5) is 11.8. The fourth-order valence-electron chi connectivity index (χ4n) is 1.77. The van der Waals surface area contributed by atoms with Crippen LogP contribution in [0.25, 0.3) is 0 Å². The van der Waals surface area contributed by atoms with E-state index in [1.807, 2.05) is 37.3 Å². The summed E-state index contributed by atoms with van der Waals surface area (Å²) in [6.45, 7) is 4.57. The van der Waals surface area contributed by atoms with Gasteiger partial charge in [0, 0.05) is 20.3 Å². The molecule has 0 radical (unpaired) electrons. The summed E-state index contributed by atoms with van der Waals surface area (Å²) >= 11 is 0. The summed E-state index contributed by atoms with van der Waals surface area (Å²) in [5, 5.41) is 3.27. The van der Waals surface area contributed by atoms with E-state index in [0.29, 0.717) is 13.2 Å². The molecule has 0 saturated heterocycles. The van der Waals surface area contributed by atoms with Gasteiger partial charge in [0.2, 0.25) is 0 Å². The molecule has 0 aromatic heterocycles. The summed E-state index contributed by atoms with van der Waals surface area (Å²) in [7, 11) is 1.71. The van der Waals surface area contributed by atoms with E-state index in [-0.39, 0.29) is 11.9 Å². The van der Waals surface area contributed by atoms with Crippen molar-refractivity contribution in [3.8, 4) is 0 Å². The first kappa shape index (κ1) is 16.7. The average molecular weight is 279 g/mol. The molecular weight excluding hydrogens is 254 g/mol. The van der Waals surface area contributed by atoms with E-state index in [9.17, 15) is 4.79 Å². The lowest BCUT2D eigenvalue weighted by molar-refractivity contribution is -0.149. The summed E-state index contributed by atoms with van der Waals surface area (Å²) in [5.41, 5.74) is 1.01. The molecule has 20 heavy (non-hydrogen) atoms. The van der Waals surface area contributed by atoms with E-state index in [0.717, 1.165) is 31.6 Å². The molecule has 0 spiro atoms. The first-order valence-corrected chi connectivity index (χ1v) is 7.14. The number of rotatable bonds is 10. The van der Waals surface area contributed by atoms with Crippen molar-refractivity contribution in [2.75, 3.05) is 26.8 Å². The number of methoxy groups -OCH3 is 1. The van der Waals surface area contributed by atoms with E-state index in [4.69, 9.17) is 9.47 Å². The Labute approximate surface area is 121 Å². The second kappa shape index (κ2) is 10.4. The van der Waals surface area contributed by atoms with Crippen molar-refractivity contribution in [2.24, 2.45) is 5.92 Å². The van der Waals surface area contributed by atoms with Crippen LogP contribution in [0.4, 0.5) is 0 Å². The fraction of sp³-hybridized carbons (Fsp3) is 0.562. The molecule has 0 heterocycles. The Bertz CT molecular complexity index is 367. The van der Waals surface area contributed by atoms with Gasteiger partial charge in [0.1, 0.15) is 6.61 Å². The van der Waals surface area contributed by atoms with Crippen LogP contribution in [0.15, 0.2) is 30.3 Å². The van der Waals surface area contributed by atoms with Crippen LogP contribution in [0.3, 0.4) is 0 Å². The highest BCUT2D eigenvalue weighted by molar-refractivity contribution is 5.72. The van der Waals surface area contributed by atoms with E-state index in [2.05, 4.69) is 5.32 Å². The topological polar surface area (TPSA) is 47.6 Å². The van der Waals surface area contributed by atoms with Gasteiger partial charge in [0.15, 0.2) is 0 Å². The maximum Gasteiger partial charge on any atom is 0.310 e. The lowest BCUT2D eigenvalue weighted by atomic mass is 10.2. The van der Waals surface area contributed by atoms with Crippen LogP contribution < -0.4 is 5.32 Å². The lowest BCUT2D eigenvalue weighted by Crippen LogP contribution is -2.28. The Hall–Kier alpha value is -1.39. The number of hydrogen-bond donors (Lipinski definition) is 1. The van der Waals surface area contributed by atoms with Gasteiger partial charge in [0.05, 0.1) is 5.92 Å². The van der Waals surface area contributed by atoms with Gasteiger partial charge in [-0.2, -0.15) is 0 Å². The Balaban J connectivity index is 2.10. The number of nitrogens with one attached hydrogen (secondary N) is 1. The molecule has 1 aromatic rings. The summed E-state index contributed by atoms with van der Waals surface area (Å²) in [6.07, 6.45) is 2.09. The lowest BCUT2D eigenvalue weighted by Gasteiger charge is -2.12. The smallest absolute Gasteiger partial charge is 0.310 e. The van der Waals surface area contributed by atoms with Crippen molar-refractivity contribution in [3.05, 3.63) is 35.9 Å². The van der Waals surface area contributed by atoms with Gasteiger partial charge in [-0.05, 0) is 24.9 Å². The molecule has 0 aliphatic rings. The van der Waals surface area contributed by atoms with Crippen molar-refractivity contribution < 1.29 is 14.3 Å². The molecule has 0 amide bonds. The highest BCUT2D eigenvalue weighted by atomic mass is 16.5. The number of carbonyl (C=O) groups excluding carboxylic acids is 1. The zero-order valence-corrected chi connectivity index (χ0v) is 12.4. The predicted molar refractivity (Wildman–Crippen MR) is 79.4 cm³/mol. The van der Waals surface area contributed by atoms with Crippen LogP contribution in [0.2, 0.25) is 0 Å². The van der Waals surface area contributed by atoms with Crippen LogP contribution in [0.1, 0.15) is 25.3 Å². The third kappa shape index (κ3) is 7.26. The zero-order chi connectivity index (χ0) is 14.6. The van der Waals surface area contributed by atoms with E-state index < -0.39 is 0 Å². The second-order valence-electron chi connectivity index (χ2n) is 4.90. The molecule has 0 bridgehead atoms. The quantitative estimate of drug-likeness (QED) is 0.528. The van der Waals surface area contributed by atoms with Gasteiger partial charge < -0.3 is 14.8 Å². The number of esters is 1. The largest absolute Gasteiger partial charge is 0.461 e. The molecule has 1 unspecified atom stereocenters. The number of hydrogen-bond acceptors (Lipinski definition) is 4. The minimum Gasteiger partial charge on any atom is -0.461 e. The third-order valence-electron chi connectivity index (χ3n) is 3.03. The van der Waals surface area contributed by atoms with Gasteiger partial charge in [-0.15, -0.1) is 0 Å². The first-order valence-electron chi connectivity index (χ1n) is 7.14. The van der Waals surface area contributed by atoms with Gasteiger partial charge in [0.25, 0.3) is 0 Å². The minimum atomic E-state index is -0.154. The molecule has 1 N–H and O–H groups in total. The maximum atomic E-state index is 11.8. The number of ether oxygens (including phenoxy) is 2. The van der Waals surface area contributed by atoms with Crippen LogP contribution >= 0.6 is 0 Å². The third-order valence-corrected chi connectivity index (χ3v) is 3.03. The van der Waals surface area contributed by atoms with Crippen LogP contribution in [0, 0.1) is 5.92 Å². The van der Waals surface area contributed by atoms with E-state index in [1.54, 1.807) is 7.11 Å². The highest BCUT2D eigenvalue weighted by Crippen LogP contribution is 2.04. The molecular formula is C16H25NO3. The Morgan fingerprint density at radius 2 is 2.00 bits per heavy atom. The second-order valence-corrected chi connectivity index (χ2v) is 4.90. The van der Waals surface area contributed by atoms with Gasteiger partial charge in [-0.25, -0.2) is 0 Å². The van der Waals surface area contributed by atoms with Crippen LogP contribution in [-0.4, -0.2) is 32.8 Å². The summed E-state index contributed by atoms with van der Waals surface area (Å²) in [5.74, 6) is -0.278. The van der Waals surface area contributed by atoms with Crippen molar-refractivity contribution in [2.45, 2.75) is 26.4 Å². The van der Waals surface area contributed by atoms with Gasteiger partial charge >= 0.3 is 5.97 Å². The van der Waals surface area contributed by atoms with E-state index in [1.165, 1.54) is 0 Å². The molecule has 0 aliphatic carbocycles. The molecule has 1 rings (SSSR count). The Kier molecular flexibility index (Phi) is 8.67. The van der Waals surface area contributed by atoms with Crippen molar-refractivity contribution in [3.63, 3.8) is 0 Å². The molecule has 1 atom stereocenters. The van der Waals surface area contributed by atoms with Crippen LogP contribution in [-0.2, 0) is 20.9 Å². The first-order chi connectivity index (χ1) is 9.74. The average Bonchev–Trinajstić information content (AvgIpc) is 2.49. The Morgan fingerprint density at radius 3 is 2.70 bits per heavy atom. The molecule has 0 aliphatic heterocycles. The van der Waals surface area contributed by atoms with Crippen LogP contribution in [0.5, 0.6) is 0 Å². The van der Waals surface area contributed by atoms with Gasteiger partial charge in [-0.1, -0.05) is 37.3 Å². The fourth-order valence-corrected chi connectivity index (χ4v) is 1.77. The van der Waals surface area contributed by atoms with E-state index >= 15 is 0 Å². The summed E-state index contributed by atoms with van der Waals surface area (Å²) in [6, 6.07) is 9.72. The molecule has 1 aromatic carbocycles. The normalized spacial score (nSPS) is 12.1. The Morgan fingerprint density at radius 1 is 1.25 bits per heavy atom. The monoisotopic (exact) mass is 279 g/mol. The van der Waals surface area contributed by atoms with Crippen molar-refractivity contribution >= 4 is 5.97 Å². The maximum absolute atomic E-state index is 11.8. The van der Waals surface area contributed by atoms with Gasteiger partial charge in [-0.3, -0.25) is 4.79 Å². The van der Waals surface area contributed by atoms with Crippen molar-refractivity contribution in [1.29, 1.82) is 0 Å². The number of unbranched alkanes of at least 4 members (excludes halogenated alkanes) is 1. The highest BCUT2D eigenvalue weighted by Gasteiger charge is 2.13. The molecule has 112 valence electrons. The minimum absolute atomic E-state index is 0.124. The number of benzene rings is 1. The summed E-state index contributed by atoms with van der Waals surface area (Å²) < 4.78 is 10.3.